The van der Waals surface area contributed by atoms with E-state index in [-0.39, 0.29) is 33.3 Å². The Bertz CT molecular complexity index is 1420. The Balaban J connectivity index is 1.62. The molecule has 0 spiro atoms. The van der Waals surface area contributed by atoms with Crippen LogP contribution in [-0.4, -0.2) is 49.1 Å². The molecule has 185 valence electrons. The predicted molar refractivity (Wildman–Crippen MR) is 139 cm³/mol. The summed E-state index contributed by atoms with van der Waals surface area (Å²) >= 11 is 12.4. The lowest BCUT2D eigenvalue weighted by Crippen LogP contribution is -2.54. The van der Waals surface area contributed by atoms with Gasteiger partial charge in [0, 0.05) is 21.6 Å². The van der Waals surface area contributed by atoms with Gasteiger partial charge in [0.2, 0.25) is 0 Å². The number of phenols is 1. The second-order valence-electron chi connectivity index (χ2n) is 8.75. The van der Waals surface area contributed by atoms with E-state index in [1.807, 2.05) is 6.07 Å². The monoisotopic (exact) mass is 543 g/mol. The molecule has 2 aromatic carbocycles. The van der Waals surface area contributed by atoms with Crippen LogP contribution in [-0.2, 0) is 9.59 Å². The summed E-state index contributed by atoms with van der Waals surface area (Å²) in [5.74, 6) is -6.08. The van der Waals surface area contributed by atoms with Crippen molar-refractivity contribution in [1.82, 2.24) is 5.32 Å². The number of aliphatic hydroxyl groups excluding tert-OH is 2. The smallest absolute Gasteiger partial charge is 0.255 e. The number of primary amides is 1. The van der Waals surface area contributed by atoms with Gasteiger partial charge in [0.25, 0.3) is 5.91 Å². The number of thiocarbonyl (C=S) groups is 1. The van der Waals surface area contributed by atoms with Crippen LogP contribution in [0.5, 0.6) is 5.75 Å². The maximum Gasteiger partial charge on any atom is 0.255 e. The number of Topliss-reactive ketones (excluding diaryl/α,β-unsaturated/α-hetero) is 2. The number of thiol groups is 1. The summed E-state index contributed by atoms with van der Waals surface area (Å²) in [7, 11) is 0. The molecular formula is C25H20ClN2O6S2. The van der Waals surface area contributed by atoms with E-state index in [1.54, 1.807) is 24.3 Å². The third-order valence-electron chi connectivity index (χ3n) is 6.77. The Kier molecular flexibility index (Phi) is 6.06. The van der Waals surface area contributed by atoms with Crippen molar-refractivity contribution in [3.05, 3.63) is 81.3 Å². The average Bonchev–Trinajstić information content (AvgIpc) is 2.83. The number of nitrogens with two attached hydrogens (primary N) is 1. The van der Waals surface area contributed by atoms with Gasteiger partial charge in [-0.3, -0.25) is 14.4 Å². The molecule has 11 heteroatoms. The van der Waals surface area contributed by atoms with Gasteiger partial charge < -0.3 is 26.4 Å². The second-order valence-corrected chi connectivity index (χ2v) is 10.9. The zero-order valence-corrected chi connectivity index (χ0v) is 20.9. The molecule has 1 aliphatic heterocycles. The first-order valence-electron chi connectivity index (χ1n) is 10.9. The highest BCUT2D eigenvalue weighted by atomic mass is 35.5. The first-order chi connectivity index (χ1) is 17.1. The van der Waals surface area contributed by atoms with E-state index in [2.05, 4.69) is 5.32 Å². The number of nitrogens with one attached hydrogen (secondary N) is 1. The SMILES string of the molecule is NC(=O)C1=C(O)C(NC(=S)c2ccccc2)C2CC3[SH]c4c(Cl)ccc(O)c4C(=O)C3=C(O)C2C1=O. The molecule has 2 aromatic rings. The summed E-state index contributed by atoms with van der Waals surface area (Å²) in [6, 6.07) is 10.6. The number of benzene rings is 2. The van der Waals surface area contributed by atoms with Gasteiger partial charge in [-0.2, -0.15) is 11.8 Å². The van der Waals surface area contributed by atoms with E-state index in [1.165, 1.54) is 12.1 Å². The predicted octanol–water partition coefficient (Wildman–Crippen LogP) is 3.10. The lowest BCUT2D eigenvalue weighted by atomic mass is 9.66. The van der Waals surface area contributed by atoms with E-state index in [9.17, 15) is 29.7 Å². The molecule has 4 atom stereocenters. The van der Waals surface area contributed by atoms with E-state index < -0.39 is 57.7 Å². The zero-order chi connectivity index (χ0) is 25.9. The molecule has 8 nitrogen and oxygen atoms in total. The molecule has 6 N–H and O–H groups in total. The molecule has 0 aromatic heterocycles. The van der Waals surface area contributed by atoms with Crippen LogP contribution >= 0.6 is 35.6 Å². The molecule has 1 amide bonds. The Labute approximate surface area is 219 Å². The Hall–Kier alpha value is -3.34. The summed E-state index contributed by atoms with van der Waals surface area (Å²) in [6.45, 7) is 0. The quantitative estimate of drug-likeness (QED) is 0.196. The number of carbonyl (C=O) groups excluding carboxylic acids is 3. The van der Waals surface area contributed by atoms with Crippen LogP contribution in [0.25, 0.3) is 0 Å². The average molecular weight is 544 g/mol. The number of phenolic OH excluding ortho intramolecular Hbond substituents is 1. The molecule has 2 aliphatic carbocycles. The molecule has 3 aliphatic rings. The lowest BCUT2D eigenvalue weighted by Gasteiger charge is -2.44. The number of aliphatic hydroxyl groups is 2. The van der Waals surface area contributed by atoms with Gasteiger partial charge >= 0.3 is 0 Å². The first kappa shape index (κ1) is 24.4. The van der Waals surface area contributed by atoms with Gasteiger partial charge in [0.05, 0.1) is 28.1 Å². The number of carbonyl (C=O) groups is 3. The Morgan fingerprint density at radius 3 is 2.44 bits per heavy atom. The lowest BCUT2D eigenvalue weighted by molar-refractivity contribution is -0.126. The highest BCUT2D eigenvalue weighted by molar-refractivity contribution is 8.00. The van der Waals surface area contributed by atoms with Crippen LogP contribution in [0.4, 0.5) is 0 Å². The van der Waals surface area contributed by atoms with Crippen LogP contribution in [0.3, 0.4) is 0 Å². The molecule has 0 saturated carbocycles. The minimum Gasteiger partial charge on any atom is -0.511 e. The van der Waals surface area contributed by atoms with Crippen molar-refractivity contribution in [3.63, 3.8) is 0 Å². The van der Waals surface area contributed by atoms with Crippen LogP contribution in [0.1, 0.15) is 22.3 Å². The van der Waals surface area contributed by atoms with Crippen molar-refractivity contribution in [3.8, 4) is 5.75 Å². The summed E-state index contributed by atoms with van der Waals surface area (Å²) < 4.78 is 0. The number of fused-ring (bicyclic) bond motifs is 3. The van der Waals surface area contributed by atoms with Gasteiger partial charge in [-0.15, -0.1) is 0 Å². The summed E-state index contributed by atoms with van der Waals surface area (Å²) in [5, 5.41) is 35.4. The van der Waals surface area contributed by atoms with Crippen LogP contribution in [0, 0.1) is 11.8 Å². The number of rotatable bonds is 3. The fourth-order valence-corrected chi connectivity index (χ4v) is 7.31. The summed E-state index contributed by atoms with van der Waals surface area (Å²) in [4.78, 5) is 39.6. The van der Waals surface area contributed by atoms with Crippen molar-refractivity contribution in [2.24, 2.45) is 17.6 Å². The fraction of sp³-hybridized carbons (Fsp3) is 0.200. The minimum absolute atomic E-state index is 0.0223. The van der Waals surface area contributed by atoms with Crippen molar-refractivity contribution < 1.29 is 29.7 Å². The van der Waals surface area contributed by atoms with Crippen LogP contribution in [0.15, 0.2) is 70.0 Å². The van der Waals surface area contributed by atoms with Gasteiger partial charge in [0.1, 0.15) is 27.8 Å². The number of hydrogen-bond acceptors (Lipinski definition) is 7. The third-order valence-corrected chi connectivity index (χ3v) is 9.07. The first-order valence-corrected chi connectivity index (χ1v) is 12.7. The maximum absolute atomic E-state index is 13.4. The van der Waals surface area contributed by atoms with Crippen molar-refractivity contribution >= 4 is 58.0 Å². The number of ketones is 2. The third kappa shape index (κ3) is 3.68. The molecule has 0 bridgehead atoms. The normalized spacial score (nSPS) is 25.1. The van der Waals surface area contributed by atoms with Crippen molar-refractivity contribution in [2.75, 3.05) is 0 Å². The zero-order valence-electron chi connectivity index (χ0n) is 18.4. The highest BCUT2D eigenvalue weighted by Crippen LogP contribution is 2.53. The Morgan fingerprint density at radius 2 is 1.78 bits per heavy atom. The second kappa shape index (κ2) is 8.95. The van der Waals surface area contributed by atoms with E-state index in [4.69, 9.17) is 29.6 Å². The van der Waals surface area contributed by atoms with Gasteiger partial charge in [0.15, 0.2) is 11.6 Å². The number of allylic oxidation sites excluding steroid dienone is 1. The largest absolute Gasteiger partial charge is 0.511 e. The van der Waals surface area contributed by atoms with Crippen LogP contribution < -0.4 is 11.1 Å². The van der Waals surface area contributed by atoms with Crippen molar-refractivity contribution in [1.29, 1.82) is 0 Å². The molecule has 0 saturated heterocycles. The summed E-state index contributed by atoms with van der Waals surface area (Å²) in [5.41, 5.74) is 5.37. The van der Waals surface area contributed by atoms with E-state index in [0.717, 1.165) is 0 Å². The van der Waals surface area contributed by atoms with E-state index in [0.29, 0.717) is 22.2 Å². The number of amides is 1. The van der Waals surface area contributed by atoms with Crippen molar-refractivity contribution in [2.45, 2.75) is 22.6 Å². The van der Waals surface area contributed by atoms with Gasteiger partial charge in [-0.05, 0) is 18.6 Å². The van der Waals surface area contributed by atoms with Gasteiger partial charge in [-0.25, -0.2) is 0 Å². The Morgan fingerprint density at radius 1 is 1.08 bits per heavy atom. The number of hydrogen-bond donors (Lipinski definition) is 6. The number of halogens is 1. The standard InChI is InChI=1S/C25H20ClN2O6S2/c26-11-6-7-12(29)15-21(32)16-13(36-23(11)15)8-10-14(19(16)30)20(31)17(24(27)34)22(33)18(10)28-25(35)9-4-2-1-3-5-9/h1-7,10,13-14,18,29-30,33,36H,8H2,(H2,27,34)(H,28,35). The van der Waals surface area contributed by atoms with E-state index >= 15 is 0 Å². The fourth-order valence-electron chi connectivity index (χ4n) is 5.16. The highest BCUT2D eigenvalue weighted by Gasteiger charge is 2.54. The molecule has 1 radical (unpaired) electrons. The minimum atomic E-state index is -1.31. The molecule has 4 unspecified atom stereocenters. The topological polar surface area (TPSA) is 150 Å². The molecule has 5 rings (SSSR count). The molecule has 36 heavy (non-hydrogen) atoms. The number of aromatic hydroxyl groups is 1. The summed E-state index contributed by atoms with van der Waals surface area (Å²) in [6.07, 6.45) is 0.180. The van der Waals surface area contributed by atoms with Crippen LogP contribution in [0.2, 0.25) is 5.02 Å². The molecule has 0 fully saturated rings. The molecule has 1 heterocycles. The molecular weight excluding hydrogens is 524 g/mol. The van der Waals surface area contributed by atoms with Gasteiger partial charge in [-0.1, -0.05) is 54.2 Å². The maximum atomic E-state index is 13.4.